The normalized spacial score (nSPS) is 11.4. The number of esters is 1. The van der Waals surface area contributed by atoms with E-state index in [-0.39, 0.29) is 17.3 Å². The lowest BCUT2D eigenvalue weighted by molar-refractivity contribution is -0.142. The second-order valence-corrected chi connectivity index (χ2v) is 9.38. The van der Waals surface area contributed by atoms with E-state index in [4.69, 9.17) is 9.47 Å². The molecule has 0 bridgehead atoms. The van der Waals surface area contributed by atoms with Gasteiger partial charge < -0.3 is 14.0 Å². The molecule has 0 aliphatic heterocycles. The summed E-state index contributed by atoms with van der Waals surface area (Å²) in [5.74, 6) is 0.479. The van der Waals surface area contributed by atoms with E-state index in [1.165, 1.54) is 6.26 Å². The van der Waals surface area contributed by atoms with Gasteiger partial charge in [0.1, 0.15) is 5.75 Å². The monoisotopic (exact) mass is 441 g/mol. The summed E-state index contributed by atoms with van der Waals surface area (Å²) in [6.07, 6.45) is 2.13. The molecule has 3 aromatic rings. The van der Waals surface area contributed by atoms with Crippen molar-refractivity contribution in [3.05, 3.63) is 65.9 Å². The van der Waals surface area contributed by atoms with Crippen molar-refractivity contribution in [1.82, 2.24) is 4.57 Å². The molecule has 7 heteroatoms. The van der Waals surface area contributed by atoms with Gasteiger partial charge in [0.25, 0.3) is 0 Å². The minimum atomic E-state index is -3.28. The van der Waals surface area contributed by atoms with Crippen molar-refractivity contribution in [2.45, 2.75) is 31.6 Å². The fourth-order valence-corrected chi connectivity index (χ4v) is 4.04. The molecule has 0 spiro atoms. The molecule has 3 rings (SSSR count). The van der Waals surface area contributed by atoms with Crippen LogP contribution in [0.15, 0.2) is 59.5 Å². The Morgan fingerprint density at radius 2 is 1.68 bits per heavy atom. The highest BCUT2D eigenvalue weighted by Gasteiger charge is 2.18. The van der Waals surface area contributed by atoms with Gasteiger partial charge in [0, 0.05) is 17.6 Å². The zero-order valence-corrected chi connectivity index (χ0v) is 19.0. The third-order valence-electron chi connectivity index (χ3n) is 5.06. The van der Waals surface area contributed by atoms with Crippen LogP contribution in [0.5, 0.6) is 5.75 Å². The quantitative estimate of drug-likeness (QED) is 0.486. The van der Waals surface area contributed by atoms with E-state index < -0.39 is 9.84 Å². The number of aromatic nitrogens is 1. The van der Waals surface area contributed by atoms with Crippen molar-refractivity contribution < 1.29 is 22.7 Å². The maximum absolute atomic E-state index is 12.2. The Balaban J connectivity index is 2.09. The van der Waals surface area contributed by atoms with Gasteiger partial charge in [-0.05, 0) is 66.9 Å². The summed E-state index contributed by atoms with van der Waals surface area (Å²) in [7, 11) is -1.67. The van der Waals surface area contributed by atoms with E-state index in [2.05, 4.69) is 4.57 Å². The maximum atomic E-state index is 12.2. The second-order valence-electron chi connectivity index (χ2n) is 7.37. The predicted molar refractivity (Wildman–Crippen MR) is 121 cm³/mol. The van der Waals surface area contributed by atoms with E-state index in [0.29, 0.717) is 6.61 Å². The Morgan fingerprint density at radius 3 is 2.23 bits per heavy atom. The molecule has 31 heavy (non-hydrogen) atoms. The van der Waals surface area contributed by atoms with Gasteiger partial charge in [0.2, 0.25) is 0 Å². The van der Waals surface area contributed by atoms with Crippen molar-refractivity contribution in [1.29, 1.82) is 0 Å². The number of nitrogens with zero attached hydrogens (tertiary/aromatic N) is 1. The Labute approximate surface area is 183 Å². The first-order chi connectivity index (χ1) is 14.7. The van der Waals surface area contributed by atoms with Gasteiger partial charge in [-0.15, -0.1) is 0 Å². The van der Waals surface area contributed by atoms with Crippen LogP contribution in [0.2, 0.25) is 0 Å². The molecule has 6 nitrogen and oxygen atoms in total. The SMILES string of the molecule is CCCOC(=O)Cc1cc(-c2ccc(S(C)(=O)=O)cc2)n(-c2ccc(OC)cc2)c1C. The molecule has 0 atom stereocenters. The predicted octanol–water partition coefficient (Wildman–Crippen LogP) is 4.36. The first-order valence-corrected chi connectivity index (χ1v) is 12.0. The first kappa shape index (κ1) is 22.6. The molecule has 0 N–H and O–H groups in total. The molecule has 0 saturated carbocycles. The molecular weight excluding hydrogens is 414 g/mol. The van der Waals surface area contributed by atoms with E-state index in [0.717, 1.165) is 40.4 Å². The highest BCUT2D eigenvalue weighted by atomic mass is 32.2. The lowest BCUT2D eigenvalue weighted by Crippen LogP contribution is -2.09. The Kier molecular flexibility index (Phi) is 6.85. The molecule has 2 aromatic carbocycles. The lowest BCUT2D eigenvalue weighted by atomic mass is 10.1. The topological polar surface area (TPSA) is 74.6 Å². The standard InChI is InChI=1S/C24H27NO5S/c1-5-14-30-24(26)16-19-15-23(18-6-12-22(13-7-18)31(4,27)28)25(17(19)2)20-8-10-21(29-3)11-9-20/h6-13,15H,5,14,16H2,1-4H3. The molecule has 0 aliphatic carbocycles. The molecule has 1 heterocycles. The Hall–Kier alpha value is -3.06. The molecule has 0 radical (unpaired) electrons. The van der Waals surface area contributed by atoms with Gasteiger partial charge in [-0.1, -0.05) is 19.1 Å². The van der Waals surface area contributed by atoms with Gasteiger partial charge in [0.05, 0.1) is 30.7 Å². The summed E-state index contributed by atoms with van der Waals surface area (Å²) >= 11 is 0. The lowest BCUT2D eigenvalue weighted by Gasteiger charge is -2.13. The van der Waals surface area contributed by atoms with Crippen molar-refractivity contribution in [2.24, 2.45) is 0 Å². The van der Waals surface area contributed by atoms with Crippen molar-refractivity contribution in [2.75, 3.05) is 20.0 Å². The molecule has 0 fully saturated rings. The third kappa shape index (κ3) is 5.17. The number of sulfone groups is 1. The van der Waals surface area contributed by atoms with Crippen LogP contribution >= 0.6 is 0 Å². The summed E-state index contributed by atoms with van der Waals surface area (Å²) in [5.41, 5.74) is 4.40. The smallest absolute Gasteiger partial charge is 0.310 e. The number of rotatable bonds is 8. The zero-order valence-electron chi connectivity index (χ0n) is 18.2. The average Bonchev–Trinajstić information content (AvgIpc) is 3.07. The minimum Gasteiger partial charge on any atom is -0.497 e. The van der Waals surface area contributed by atoms with E-state index in [1.54, 1.807) is 31.4 Å². The van der Waals surface area contributed by atoms with E-state index in [9.17, 15) is 13.2 Å². The third-order valence-corrected chi connectivity index (χ3v) is 6.19. The van der Waals surface area contributed by atoms with Crippen LogP contribution < -0.4 is 4.74 Å². The molecular formula is C24H27NO5S. The average molecular weight is 442 g/mol. The Bertz CT molecular complexity index is 1160. The molecule has 0 unspecified atom stereocenters. The van der Waals surface area contributed by atoms with Gasteiger partial charge >= 0.3 is 5.97 Å². The van der Waals surface area contributed by atoms with Gasteiger partial charge in [0.15, 0.2) is 9.84 Å². The van der Waals surface area contributed by atoms with Gasteiger partial charge in [-0.25, -0.2) is 8.42 Å². The highest BCUT2D eigenvalue weighted by molar-refractivity contribution is 7.90. The maximum Gasteiger partial charge on any atom is 0.310 e. The second kappa shape index (κ2) is 9.39. The summed E-state index contributed by atoms with van der Waals surface area (Å²) in [5, 5.41) is 0. The van der Waals surface area contributed by atoms with Crippen molar-refractivity contribution in [3.63, 3.8) is 0 Å². The van der Waals surface area contributed by atoms with Crippen LogP contribution in [0.1, 0.15) is 24.6 Å². The number of methoxy groups -OCH3 is 1. The molecule has 164 valence electrons. The van der Waals surface area contributed by atoms with E-state index in [1.807, 2.05) is 44.2 Å². The Morgan fingerprint density at radius 1 is 1.03 bits per heavy atom. The van der Waals surface area contributed by atoms with Gasteiger partial charge in [-0.3, -0.25) is 4.79 Å². The molecule has 0 saturated heterocycles. The summed E-state index contributed by atoms with van der Waals surface area (Å²) in [4.78, 5) is 12.5. The fraction of sp³-hybridized carbons (Fsp3) is 0.292. The summed E-state index contributed by atoms with van der Waals surface area (Å²) in [6, 6.07) is 16.4. The largest absolute Gasteiger partial charge is 0.497 e. The van der Waals surface area contributed by atoms with Crippen LogP contribution in [0.25, 0.3) is 16.9 Å². The van der Waals surface area contributed by atoms with Crippen LogP contribution in [-0.4, -0.2) is 38.9 Å². The zero-order chi connectivity index (χ0) is 22.6. The number of carbonyl (C=O) groups excluding carboxylic acids is 1. The molecule has 0 amide bonds. The number of hydrogen-bond acceptors (Lipinski definition) is 5. The first-order valence-electron chi connectivity index (χ1n) is 10.1. The highest BCUT2D eigenvalue weighted by Crippen LogP contribution is 2.31. The number of hydrogen-bond donors (Lipinski definition) is 0. The van der Waals surface area contributed by atoms with Crippen molar-refractivity contribution in [3.8, 4) is 22.7 Å². The summed E-state index contributed by atoms with van der Waals surface area (Å²) < 4.78 is 36.2. The van der Waals surface area contributed by atoms with Crippen LogP contribution in [-0.2, 0) is 25.8 Å². The van der Waals surface area contributed by atoms with E-state index >= 15 is 0 Å². The fourth-order valence-electron chi connectivity index (χ4n) is 3.41. The van der Waals surface area contributed by atoms with Crippen molar-refractivity contribution >= 4 is 15.8 Å². The van der Waals surface area contributed by atoms with Crippen LogP contribution in [0.3, 0.4) is 0 Å². The number of benzene rings is 2. The number of ether oxygens (including phenoxy) is 2. The summed E-state index contributed by atoms with van der Waals surface area (Å²) in [6.45, 7) is 4.31. The number of carbonyl (C=O) groups is 1. The van der Waals surface area contributed by atoms with Crippen LogP contribution in [0, 0.1) is 6.92 Å². The molecule has 0 aliphatic rings. The minimum absolute atomic E-state index is 0.170. The molecule has 1 aromatic heterocycles. The van der Waals surface area contributed by atoms with Crippen LogP contribution in [0.4, 0.5) is 0 Å². The van der Waals surface area contributed by atoms with Gasteiger partial charge in [-0.2, -0.15) is 0 Å².